The Kier molecular flexibility index (Phi) is 31.7. The van der Waals surface area contributed by atoms with E-state index in [1.165, 1.54) is 10.4 Å². The average molecular weight is 839 g/mol. The maximum absolute atomic E-state index is 11.5. The van der Waals surface area contributed by atoms with Gasteiger partial charge >= 0.3 is 5.97 Å². The van der Waals surface area contributed by atoms with Crippen LogP contribution >= 0.6 is 0 Å². The number of rotatable bonds is 40. The van der Waals surface area contributed by atoms with Gasteiger partial charge in [-0.1, -0.05) is 101 Å². The monoisotopic (exact) mass is 838 g/mol. The number of carbonyl (C=O) groups excluding carboxylic acids is 1. The molecule has 0 saturated heterocycles. The molecule has 0 unspecified atom stereocenters. The molecule has 14 heteroatoms. The summed E-state index contributed by atoms with van der Waals surface area (Å²) in [6.07, 6.45) is 3.49. The molecule has 0 aliphatic heterocycles. The Labute approximate surface area is 349 Å². The normalized spacial score (nSPS) is 12.0. The first-order valence-electron chi connectivity index (χ1n) is 21.1. The Morgan fingerprint density at radius 1 is 0.431 bits per heavy atom. The van der Waals surface area contributed by atoms with Gasteiger partial charge < -0.3 is 56.5 Å². The minimum Gasteiger partial charge on any atom is -0.463 e. The summed E-state index contributed by atoms with van der Waals surface area (Å²) in [5, 5.41) is 2.47. The zero-order chi connectivity index (χ0) is 41.7. The van der Waals surface area contributed by atoms with Gasteiger partial charge in [0.05, 0.1) is 139 Å². The van der Waals surface area contributed by atoms with Crippen molar-refractivity contribution >= 4 is 24.7 Å². The lowest BCUT2D eigenvalue weighted by Gasteiger charge is -2.43. The van der Waals surface area contributed by atoms with Crippen molar-refractivity contribution in [2.24, 2.45) is 0 Å². The fraction of sp³-hybridized carbons (Fsp3) is 0.705. The quantitative estimate of drug-likeness (QED) is 0.0516. The molecule has 0 aliphatic rings. The summed E-state index contributed by atoms with van der Waals surface area (Å²) in [7, 11) is -2.54. The minimum atomic E-state index is -2.54. The Hall–Kier alpha value is -2.31. The highest BCUT2D eigenvalue weighted by molar-refractivity contribution is 6.99. The van der Waals surface area contributed by atoms with Crippen LogP contribution in [0, 0.1) is 0 Å². The van der Waals surface area contributed by atoms with Gasteiger partial charge in [0.1, 0.15) is 6.61 Å². The van der Waals surface area contributed by atoms with Crippen LogP contribution < -0.4 is 10.4 Å². The maximum atomic E-state index is 11.5. The molecule has 0 bridgehead atoms. The van der Waals surface area contributed by atoms with Gasteiger partial charge in [-0.25, -0.2) is 0 Å². The van der Waals surface area contributed by atoms with E-state index < -0.39 is 8.32 Å². The van der Waals surface area contributed by atoms with Crippen LogP contribution in [-0.2, 0) is 61.3 Å². The second kappa shape index (κ2) is 35.4. The second-order valence-electron chi connectivity index (χ2n) is 14.3. The highest BCUT2D eigenvalue weighted by atomic mass is 28.4. The molecule has 2 aromatic carbocycles. The Morgan fingerprint density at radius 2 is 0.724 bits per heavy atom. The van der Waals surface area contributed by atoms with Gasteiger partial charge in [0.2, 0.25) is 0 Å². The van der Waals surface area contributed by atoms with Crippen molar-refractivity contribution in [3.8, 4) is 0 Å². The molecule has 2 aromatic rings. The molecule has 0 spiro atoms. The fourth-order valence-corrected chi connectivity index (χ4v) is 10.4. The van der Waals surface area contributed by atoms with E-state index in [0.29, 0.717) is 145 Å². The number of carbonyl (C=O) groups is 1. The smallest absolute Gasteiger partial charge is 0.305 e. The van der Waals surface area contributed by atoms with Crippen molar-refractivity contribution in [3.63, 3.8) is 0 Å². The molecule has 0 N–H and O–H groups in total. The van der Waals surface area contributed by atoms with Crippen LogP contribution in [0.4, 0.5) is 0 Å². The van der Waals surface area contributed by atoms with E-state index in [1.54, 1.807) is 0 Å². The highest BCUT2D eigenvalue weighted by Gasteiger charge is 2.50. The third kappa shape index (κ3) is 24.7. The molecule has 2 rings (SSSR count). The lowest BCUT2D eigenvalue weighted by atomic mass is 10.2. The SMILES string of the molecule is CCCCCC(=O)OCCOCCOCCOCCOCCOCCOCCOCCOCCOCCOCCO[Si](c1ccccc1)(c1ccccc1)C(C)(C)C. The highest BCUT2D eigenvalue weighted by Crippen LogP contribution is 2.36. The van der Waals surface area contributed by atoms with Crippen LogP contribution in [0.5, 0.6) is 0 Å². The molecule has 0 aliphatic carbocycles. The summed E-state index contributed by atoms with van der Waals surface area (Å²) < 4.78 is 67.5. The van der Waals surface area contributed by atoms with E-state index in [1.807, 2.05) is 0 Å². The van der Waals surface area contributed by atoms with Gasteiger partial charge in [0.15, 0.2) is 0 Å². The van der Waals surface area contributed by atoms with Crippen molar-refractivity contribution in [2.45, 2.75) is 58.4 Å². The van der Waals surface area contributed by atoms with Crippen molar-refractivity contribution in [1.29, 1.82) is 0 Å². The topological polar surface area (TPSA) is 128 Å². The van der Waals surface area contributed by atoms with E-state index in [0.717, 1.165) is 19.3 Å². The lowest BCUT2D eigenvalue weighted by molar-refractivity contribution is -0.145. The predicted molar refractivity (Wildman–Crippen MR) is 227 cm³/mol. The van der Waals surface area contributed by atoms with Crippen LogP contribution in [0.1, 0.15) is 53.4 Å². The predicted octanol–water partition coefficient (Wildman–Crippen LogP) is 4.85. The third-order valence-corrected chi connectivity index (χ3v) is 13.8. The van der Waals surface area contributed by atoms with Crippen LogP contribution in [0.3, 0.4) is 0 Å². The van der Waals surface area contributed by atoms with E-state index >= 15 is 0 Å². The molecule has 0 fully saturated rings. The molecule has 0 radical (unpaired) electrons. The lowest BCUT2D eigenvalue weighted by Crippen LogP contribution is -2.66. The Balaban J connectivity index is 1.27. The zero-order valence-corrected chi connectivity index (χ0v) is 37.0. The Morgan fingerprint density at radius 3 is 1.02 bits per heavy atom. The van der Waals surface area contributed by atoms with Gasteiger partial charge in [-0.15, -0.1) is 0 Å². The second-order valence-corrected chi connectivity index (χ2v) is 18.6. The molecule has 13 nitrogen and oxygen atoms in total. The van der Waals surface area contributed by atoms with Gasteiger partial charge in [0, 0.05) is 6.42 Å². The van der Waals surface area contributed by atoms with Crippen LogP contribution in [0.15, 0.2) is 60.7 Å². The number of hydrogen-bond donors (Lipinski definition) is 0. The summed E-state index contributed by atoms with van der Waals surface area (Å²) in [5.41, 5.74) is 0. The molecule has 0 atom stereocenters. The van der Waals surface area contributed by atoms with Crippen molar-refractivity contribution in [2.75, 3.05) is 145 Å². The first-order valence-corrected chi connectivity index (χ1v) is 23.0. The van der Waals surface area contributed by atoms with Crippen molar-refractivity contribution in [1.82, 2.24) is 0 Å². The van der Waals surface area contributed by atoms with E-state index in [-0.39, 0.29) is 17.6 Å². The van der Waals surface area contributed by atoms with Gasteiger partial charge in [-0.05, 0) is 21.8 Å². The first kappa shape index (κ1) is 51.8. The van der Waals surface area contributed by atoms with Crippen molar-refractivity contribution < 1.29 is 61.3 Å². The van der Waals surface area contributed by atoms with Gasteiger partial charge in [0.25, 0.3) is 8.32 Å². The van der Waals surface area contributed by atoms with Crippen LogP contribution in [0.2, 0.25) is 5.04 Å². The molecule has 0 aromatic heterocycles. The van der Waals surface area contributed by atoms with Gasteiger partial charge in [-0.2, -0.15) is 0 Å². The third-order valence-electron chi connectivity index (χ3n) is 8.79. The van der Waals surface area contributed by atoms with E-state index in [4.69, 9.17) is 56.5 Å². The fourth-order valence-electron chi connectivity index (χ4n) is 5.90. The number of ether oxygens (including phenoxy) is 11. The molecule has 0 saturated carbocycles. The molecule has 0 amide bonds. The standard InChI is InChI=1S/C44H74O13Si/c1-5-6-9-18-43(45)56-39-37-54-35-33-52-31-29-50-27-25-48-23-21-46-19-20-47-22-24-49-26-28-51-30-32-53-34-36-55-38-40-57-58(44(2,3)4,41-14-10-7-11-15-41)42-16-12-8-13-17-42/h7-8,10-17H,5-6,9,18-40H2,1-4H3. The summed E-state index contributed by atoms with van der Waals surface area (Å²) in [6, 6.07) is 21.3. The number of unbranched alkanes of at least 4 members (excludes halogenated alkanes) is 2. The molecule has 0 heterocycles. The largest absolute Gasteiger partial charge is 0.463 e. The van der Waals surface area contributed by atoms with E-state index in [9.17, 15) is 4.79 Å². The zero-order valence-electron chi connectivity index (χ0n) is 36.0. The maximum Gasteiger partial charge on any atom is 0.305 e. The van der Waals surface area contributed by atoms with Crippen molar-refractivity contribution in [3.05, 3.63) is 60.7 Å². The molecular weight excluding hydrogens is 765 g/mol. The molecular formula is C44H74O13Si. The minimum absolute atomic E-state index is 0.0604. The summed E-state index contributed by atoms with van der Waals surface area (Å²) in [5.74, 6) is -0.160. The average Bonchev–Trinajstić information content (AvgIpc) is 3.22. The van der Waals surface area contributed by atoms with Gasteiger partial charge in [-0.3, -0.25) is 4.79 Å². The first-order chi connectivity index (χ1) is 28.4. The number of esters is 1. The summed E-state index contributed by atoms with van der Waals surface area (Å²) >= 11 is 0. The summed E-state index contributed by atoms with van der Waals surface area (Å²) in [6.45, 7) is 19.4. The number of benzene rings is 2. The summed E-state index contributed by atoms with van der Waals surface area (Å²) in [4.78, 5) is 11.5. The van der Waals surface area contributed by atoms with Crippen LogP contribution in [-0.4, -0.2) is 160 Å². The molecule has 58 heavy (non-hydrogen) atoms. The number of hydrogen-bond acceptors (Lipinski definition) is 13. The van der Waals surface area contributed by atoms with Crippen LogP contribution in [0.25, 0.3) is 0 Å². The molecule has 332 valence electrons. The Bertz CT molecular complexity index is 1160. The van der Waals surface area contributed by atoms with E-state index in [2.05, 4.69) is 88.4 Å².